The normalized spacial score (nSPS) is 14.4. The van der Waals surface area contributed by atoms with Gasteiger partial charge in [0.1, 0.15) is 11.3 Å². The lowest BCUT2D eigenvalue weighted by Gasteiger charge is -2.33. The summed E-state index contributed by atoms with van der Waals surface area (Å²) >= 11 is 6.18. The van der Waals surface area contributed by atoms with Crippen molar-refractivity contribution < 1.29 is 9.53 Å². The largest absolute Gasteiger partial charge is 0.494 e. The molecule has 9 nitrogen and oxygen atoms in total. The minimum absolute atomic E-state index is 0.149. The maximum atomic E-state index is 14.0. The van der Waals surface area contributed by atoms with E-state index in [0.29, 0.717) is 64.2 Å². The molecule has 1 fully saturated rings. The summed E-state index contributed by atoms with van der Waals surface area (Å²) in [4.78, 5) is 46.0. The van der Waals surface area contributed by atoms with E-state index < -0.39 is 11.2 Å². The second-order valence-electron chi connectivity index (χ2n) is 8.42. The van der Waals surface area contributed by atoms with Crippen LogP contribution in [0.3, 0.4) is 0 Å². The number of hydrogen-bond donors (Lipinski definition) is 1. The Balaban J connectivity index is 1.82. The van der Waals surface area contributed by atoms with Gasteiger partial charge in [0.05, 0.1) is 23.7 Å². The molecule has 0 aliphatic carbocycles. The van der Waals surface area contributed by atoms with Crippen molar-refractivity contribution in [1.82, 2.24) is 24.3 Å². The summed E-state index contributed by atoms with van der Waals surface area (Å²) in [6, 6.07) is 11.7. The number of methoxy groups -OCH3 is 1. The summed E-state index contributed by atoms with van der Waals surface area (Å²) in [5.74, 6) is 0.553. The lowest BCUT2D eigenvalue weighted by atomic mass is 10.0. The number of benzene rings is 2. The zero-order valence-corrected chi connectivity index (χ0v) is 20.1. The summed E-state index contributed by atoms with van der Waals surface area (Å²) < 4.78 is 8.31. The molecule has 1 saturated heterocycles. The van der Waals surface area contributed by atoms with Gasteiger partial charge >= 0.3 is 11.7 Å². The van der Waals surface area contributed by atoms with Crippen LogP contribution in [0.2, 0.25) is 5.02 Å². The Morgan fingerprint density at radius 2 is 1.86 bits per heavy atom. The van der Waals surface area contributed by atoms with Crippen LogP contribution in [-0.4, -0.2) is 52.3 Å². The smallest absolute Gasteiger partial charge is 0.336 e. The first-order valence-electron chi connectivity index (χ1n) is 11.3. The third-order valence-corrected chi connectivity index (χ3v) is 6.76. The summed E-state index contributed by atoms with van der Waals surface area (Å²) in [7, 11) is 3.15. The predicted octanol–water partition coefficient (Wildman–Crippen LogP) is 3.34. The zero-order chi connectivity index (χ0) is 24.7. The number of nitrogens with one attached hydrogen (secondary N) is 1. The van der Waals surface area contributed by atoms with Gasteiger partial charge in [0, 0.05) is 42.8 Å². The Labute approximate surface area is 205 Å². The average Bonchev–Trinajstić information content (AvgIpc) is 2.88. The SMILES string of the molecule is CNC(=O)N1CCC(n2c(=O)n(-c3cccc(Cl)c3)c(=O)c3cnc4c(OC)cccc4c32)CC1. The van der Waals surface area contributed by atoms with Crippen molar-refractivity contribution in [2.24, 2.45) is 0 Å². The highest BCUT2D eigenvalue weighted by Crippen LogP contribution is 2.31. The number of urea groups is 1. The number of aromatic nitrogens is 3. The summed E-state index contributed by atoms with van der Waals surface area (Å²) in [6.07, 6.45) is 2.62. The van der Waals surface area contributed by atoms with Crippen LogP contribution in [-0.2, 0) is 0 Å². The fraction of sp³-hybridized carbons (Fsp3) is 0.280. The van der Waals surface area contributed by atoms with Crippen LogP contribution in [0.5, 0.6) is 5.75 Å². The second-order valence-corrected chi connectivity index (χ2v) is 8.86. The monoisotopic (exact) mass is 493 g/mol. The molecule has 180 valence electrons. The topological polar surface area (TPSA) is 98.5 Å². The lowest BCUT2D eigenvalue weighted by Crippen LogP contribution is -2.46. The number of pyridine rings is 1. The molecule has 1 N–H and O–H groups in total. The van der Waals surface area contributed by atoms with E-state index in [0.717, 1.165) is 4.57 Å². The highest BCUT2D eigenvalue weighted by atomic mass is 35.5. The molecular weight excluding hydrogens is 470 g/mol. The Kier molecular flexibility index (Phi) is 5.94. The van der Waals surface area contributed by atoms with Gasteiger partial charge in [0.2, 0.25) is 0 Å². The molecule has 10 heteroatoms. The van der Waals surface area contributed by atoms with Crippen molar-refractivity contribution in [3.8, 4) is 11.4 Å². The fourth-order valence-corrected chi connectivity index (χ4v) is 5.02. The maximum Gasteiger partial charge on any atom is 0.336 e. The first-order valence-corrected chi connectivity index (χ1v) is 11.7. The van der Waals surface area contributed by atoms with Crippen molar-refractivity contribution in [3.05, 3.63) is 74.5 Å². The first-order chi connectivity index (χ1) is 16.9. The molecule has 2 aromatic heterocycles. The molecule has 0 saturated carbocycles. The highest BCUT2D eigenvalue weighted by molar-refractivity contribution is 6.30. The van der Waals surface area contributed by atoms with Crippen LogP contribution in [0, 0.1) is 0 Å². The number of carbonyl (C=O) groups excluding carboxylic acids is 1. The van der Waals surface area contributed by atoms with Crippen molar-refractivity contribution in [1.29, 1.82) is 0 Å². The van der Waals surface area contributed by atoms with E-state index in [9.17, 15) is 14.4 Å². The Morgan fingerprint density at radius 3 is 2.54 bits per heavy atom. The number of fused-ring (bicyclic) bond motifs is 3. The standard InChI is InChI=1S/C25H24ClN5O4/c1-27-24(33)29-11-9-16(10-12-29)30-22-18-7-4-8-20(35-2)21(18)28-14-19(22)23(32)31(25(30)34)17-6-3-5-15(26)13-17/h3-8,13-14,16H,9-12H2,1-2H3,(H,27,33). The van der Waals surface area contributed by atoms with E-state index in [1.165, 1.54) is 6.20 Å². The molecule has 35 heavy (non-hydrogen) atoms. The molecule has 0 atom stereocenters. The van der Waals surface area contributed by atoms with Gasteiger partial charge in [-0.3, -0.25) is 14.3 Å². The second kappa shape index (κ2) is 9.07. The molecule has 0 bridgehead atoms. The number of ether oxygens (including phenoxy) is 1. The molecule has 2 aromatic carbocycles. The molecule has 4 aromatic rings. The molecular formula is C25H24ClN5O4. The molecule has 1 aliphatic heterocycles. The zero-order valence-electron chi connectivity index (χ0n) is 19.3. The summed E-state index contributed by atoms with van der Waals surface area (Å²) in [5.41, 5.74) is 0.539. The average molecular weight is 494 g/mol. The van der Waals surface area contributed by atoms with Crippen molar-refractivity contribution >= 4 is 39.4 Å². The minimum atomic E-state index is -0.469. The summed E-state index contributed by atoms with van der Waals surface area (Å²) in [5, 5.41) is 4.04. The number of hydrogen-bond acceptors (Lipinski definition) is 5. The highest BCUT2D eigenvalue weighted by Gasteiger charge is 2.28. The van der Waals surface area contributed by atoms with Crippen molar-refractivity contribution in [2.75, 3.05) is 27.2 Å². The number of amides is 2. The molecule has 2 amide bonds. The third kappa shape index (κ3) is 3.81. The molecule has 3 heterocycles. The van der Waals surface area contributed by atoms with E-state index in [4.69, 9.17) is 16.3 Å². The molecule has 0 radical (unpaired) electrons. The number of carbonyl (C=O) groups is 1. The number of halogens is 1. The van der Waals surface area contributed by atoms with Gasteiger partial charge in [-0.2, -0.15) is 0 Å². The quantitative estimate of drug-likeness (QED) is 0.441. The van der Waals surface area contributed by atoms with Gasteiger partial charge < -0.3 is 15.0 Å². The van der Waals surface area contributed by atoms with E-state index in [1.807, 2.05) is 12.1 Å². The maximum absolute atomic E-state index is 14.0. The third-order valence-electron chi connectivity index (χ3n) is 6.52. The molecule has 5 rings (SSSR count). The molecule has 1 aliphatic rings. The summed E-state index contributed by atoms with van der Waals surface area (Å²) in [6.45, 7) is 0.974. The van der Waals surface area contributed by atoms with Gasteiger partial charge in [0.25, 0.3) is 5.56 Å². The van der Waals surface area contributed by atoms with Crippen LogP contribution in [0.25, 0.3) is 27.5 Å². The van der Waals surface area contributed by atoms with Gasteiger partial charge in [-0.25, -0.2) is 14.2 Å². The van der Waals surface area contributed by atoms with Gasteiger partial charge in [-0.05, 0) is 37.1 Å². The predicted molar refractivity (Wildman–Crippen MR) is 135 cm³/mol. The fourth-order valence-electron chi connectivity index (χ4n) is 4.84. The Morgan fingerprint density at radius 1 is 1.11 bits per heavy atom. The van der Waals surface area contributed by atoms with E-state index in [-0.39, 0.29) is 12.1 Å². The Hall–Kier alpha value is -3.85. The minimum Gasteiger partial charge on any atom is -0.494 e. The molecule has 0 unspecified atom stereocenters. The van der Waals surface area contributed by atoms with Crippen LogP contribution in [0.1, 0.15) is 18.9 Å². The number of nitrogens with zero attached hydrogens (tertiary/aromatic N) is 4. The van der Waals surface area contributed by atoms with Crippen LogP contribution < -0.4 is 21.3 Å². The van der Waals surface area contributed by atoms with Crippen molar-refractivity contribution in [2.45, 2.75) is 18.9 Å². The van der Waals surface area contributed by atoms with Gasteiger partial charge in [-0.15, -0.1) is 0 Å². The van der Waals surface area contributed by atoms with Gasteiger partial charge in [0.15, 0.2) is 0 Å². The first kappa shape index (κ1) is 22.9. The molecule has 0 spiro atoms. The lowest BCUT2D eigenvalue weighted by molar-refractivity contribution is 0.173. The number of piperidine rings is 1. The number of likely N-dealkylation sites (tertiary alicyclic amines) is 1. The van der Waals surface area contributed by atoms with Crippen LogP contribution in [0.15, 0.2) is 58.3 Å². The van der Waals surface area contributed by atoms with E-state index in [2.05, 4.69) is 10.3 Å². The van der Waals surface area contributed by atoms with Gasteiger partial charge in [-0.1, -0.05) is 29.8 Å². The van der Waals surface area contributed by atoms with Crippen molar-refractivity contribution in [3.63, 3.8) is 0 Å². The Bertz CT molecular complexity index is 1570. The van der Waals surface area contributed by atoms with E-state index >= 15 is 0 Å². The van der Waals surface area contributed by atoms with Crippen LogP contribution >= 0.6 is 11.6 Å². The van der Waals surface area contributed by atoms with E-state index in [1.54, 1.807) is 54.0 Å². The number of para-hydroxylation sites is 1. The number of rotatable bonds is 3. The van der Waals surface area contributed by atoms with Crippen LogP contribution in [0.4, 0.5) is 4.79 Å².